The highest BCUT2D eigenvalue weighted by atomic mass is 15.3. The molecule has 2 heterocycles. The van der Waals surface area contributed by atoms with E-state index >= 15 is 0 Å². The average Bonchev–Trinajstić information content (AvgIpc) is 2.66. The molecule has 0 radical (unpaired) electrons. The highest BCUT2D eigenvalue weighted by Gasteiger charge is 2.09. The van der Waals surface area contributed by atoms with Gasteiger partial charge in [0.2, 0.25) is 0 Å². The Balaban J connectivity index is 2.14. The van der Waals surface area contributed by atoms with E-state index in [9.17, 15) is 0 Å². The molecule has 0 amide bonds. The molecule has 0 fully saturated rings. The lowest BCUT2D eigenvalue weighted by atomic mass is 10.2. The van der Waals surface area contributed by atoms with Crippen LogP contribution in [0.4, 0.5) is 5.82 Å². The Morgan fingerprint density at radius 3 is 2.68 bits per heavy atom. The minimum atomic E-state index is 0.464. The Kier molecular flexibility index (Phi) is 4.00. The molecule has 0 saturated heterocycles. The van der Waals surface area contributed by atoms with Gasteiger partial charge in [0.05, 0.1) is 6.21 Å². The predicted molar refractivity (Wildman–Crippen MR) is 79.7 cm³/mol. The van der Waals surface area contributed by atoms with E-state index in [1.54, 1.807) is 6.20 Å². The van der Waals surface area contributed by atoms with E-state index in [1.165, 1.54) is 11.4 Å². The van der Waals surface area contributed by atoms with E-state index in [2.05, 4.69) is 53.8 Å². The molecule has 1 N–H and O–H groups in total. The Bertz CT molecular complexity index is 567. The van der Waals surface area contributed by atoms with Crippen LogP contribution in [0.15, 0.2) is 35.6 Å². The molecule has 2 aromatic heterocycles. The van der Waals surface area contributed by atoms with Crippen molar-refractivity contribution < 1.29 is 0 Å². The summed E-state index contributed by atoms with van der Waals surface area (Å²) in [6, 6.07) is 8.31. The molecule has 2 rings (SSSR count). The third-order valence-corrected chi connectivity index (χ3v) is 3.09. The van der Waals surface area contributed by atoms with Gasteiger partial charge in [-0.1, -0.05) is 6.07 Å². The first-order valence-electron chi connectivity index (χ1n) is 6.48. The molecule has 0 unspecified atom stereocenters. The number of hydrazone groups is 1. The fourth-order valence-electron chi connectivity index (χ4n) is 2.32. The number of nitrogens with one attached hydrogen (secondary N) is 1. The summed E-state index contributed by atoms with van der Waals surface area (Å²) >= 11 is 0. The number of aromatic nitrogens is 2. The smallest absolute Gasteiger partial charge is 0.146 e. The topological polar surface area (TPSA) is 42.2 Å². The minimum absolute atomic E-state index is 0.464. The maximum atomic E-state index is 4.24. The van der Waals surface area contributed by atoms with Crippen LogP contribution in [-0.2, 0) is 0 Å². The van der Waals surface area contributed by atoms with Crippen LogP contribution in [0.25, 0.3) is 0 Å². The van der Waals surface area contributed by atoms with Gasteiger partial charge in [-0.3, -0.25) is 5.43 Å². The van der Waals surface area contributed by atoms with Crippen molar-refractivity contribution in [2.45, 2.75) is 33.7 Å². The van der Waals surface area contributed by atoms with Gasteiger partial charge in [-0.05, 0) is 45.9 Å². The number of rotatable bonds is 4. The first-order valence-corrected chi connectivity index (χ1v) is 6.48. The molecule has 4 heteroatoms. The quantitative estimate of drug-likeness (QED) is 0.671. The summed E-state index contributed by atoms with van der Waals surface area (Å²) < 4.78 is 2.31. The first kappa shape index (κ1) is 13.3. The van der Waals surface area contributed by atoms with Crippen LogP contribution in [0, 0.1) is 13.8 Å². The molecule has 0 spiro atoms. The molecule has 0 saturated carbocycles. The highest BCUT2D eigenvalue weighted by Crippen LogP contribution is 2.18. The first-order chi connectivity index (χ1) is 9.09. The largest absolute Gasteiger partial charge is 0.346 e. The average molecular weight is 256 g/mol. The fourth-order valence-corrected chi connectivity index (χ4v) is 2.32. The number of hydrogen-bond donors (Lipinski definition) is 1. The predicted octanol–water partition coefficient (Wildman–Crippen LogP) is 3.53. The molecule has 0 atom stereocenters. The van der Waals surface area contributed by atoms with Crippen molar-refractivity contribution in [3.63, 3.8) is 0 Å². The van der Waals surface area contributed by atoms with Crippen LogP contribution in [0.5, 0.6) is 0 Å². The van der Waals surface area contributed by atoms with E-state index in [0.717, 1.165) is 11.4 Å². The summed E-state index contributed by atoms with van der Waals surface area (Å²) in [5.74, 6) is 0.747. The molecule has 0 aliphatic carbocycles. The van der Waals surface area contributed by atoms with Crippen molar-refractivity contribution in [3.05, 3.63) is 47.4 Å². The fraction of sp³-hybridized carbons (Fsp3) is 0.333. The van der Waals surface area contributed by atoms with Crippen molar-refractivity contribution >= 4 is 12.0 Å². The zero-order chi connectivity index (χ0) is 13.8. The van der Waals surface area contributed by atoms with Gasteiger partial charge in [0.25, 0.3) is 0 Å². The summed E-state index contributed by atoms with van der Waals surface area (Å²) in [6.07, 6.45) is 3.58. The third-order valence-electron chi connectivity index (χ3n) is 3.09. The van der Waals surface area contributed by atoms with Crippen molar-refractivity contribution in [1.82, 2.24) is 9.55 Å². The van der Waals surface area contributed by atoms with E-state index in [-0.39, 0.29) is 0 Å². The van der Waals surface area contributed by atoms with Gasteiger partial charge in [0, 0.05) is 29.2 Å². The second-order valence-electron chi connectivity index (χ2n) is 4.88. The maximum Gasteiger partial charge on any atom is 0.146 e. The third kappa shape index (κ3) is 3.02. The standard InChI is InChI=1S/C15H20N4/c1-11(2)19-12(3)9-14(13(19)4)10-17-18-15-7-5-6-8-16-15/h5-11H,1-4H3,(H,16,18)/b17-10-. The maximum absolute atomic E-state index is 4.24. The zero-order valence-corrected chi connectivity index (χ0v) is 11.9. The van der Waals surface area contributed by atoms with E-state index in [1.807, 2.05) is 24.4 Å². The number of pyridine rings is 1. The van der Waals surface area contributed by atoms with Crippen LogP contribution < -0.4 is 5.43 Å². The molecule has 100 valence electrons. The lowest BCUT2D eigenvalue weighted by Gasteiger charge is -2.13. The molecule has 0 aliphatic rings. The van der Waals surface area contributed by atoms with Crippen LogP contribution in [-0.4, -0.2) is 15.8 Å². The van der Waals surface area contributed by atoms with Crippen LogP contribution >= 0.6 is 0 Å². The van der Waals surface area contributed by atoms with Gasteiger partial charge in [-0.15, -0.1) is 0 Å². The molecular weight excluding hydrogens is 236 g/mol. The van der Waals surface area contributed by atoms with Gasteiger partial charge >= 0.3 is 0 Å². The van der Waals surface area contributed by atoms with Crippen molar-refractivity contribution in [2.24, 2.45) is 5.10 Å². The van der Waals surface area contributed by atoms with Gasteiger partial charge in [0.15, 0.2) is 0 Å². The van der Waals surface area contributed by atoms with Gasteiger partial charge < -0.3 is 4.57 Å². The van der Waals surface area contributed by atoms with Gasteiger partial charge in [0.1, 0.15) is 5.82 Å². The molecule has 4 nitrogen and oxygen atoms in total. The summed E-state index contributed by atoms with van der Waals surface area (Å²) in [4.78, 5) is 4.15. The molecule has 2 aromatic rings. The monoisotopic (exact) mass is 256 g/mol. The minimum Gasteiger partial charge on any atom is -0.346 e. The Labute approximate surface area is 114 Å². The summed E-state index contributed by atoms with van der Waals surface area (Å²) in [5, 5.41) is 4.24. The van der Waals surface area contributed by atoms with Crippen molar-refractivity contribution in [1.29, 1.82) is 0 Å². The number of nitrogens with zero attached hydrogens (tertiary/aromatic N) is 3. The van der Waals surface area contributed by atoms with E-state index in [4.69, 9.17) is 0 Å². The summed E-state index contributed by atoms with van der Waals surface area (Å²) in [5.41, 5.74) is 6.55. The molecule has 0 aromatic carbocycles. The van der Waals surface area contributed by atoms with Crippen molar-refractivity contribution in [2.75, 3.05) is 5.43 Å². The van der Waals surface area contributed by atoms with Crippen LogP contribution in [0.2, 0.25) is 0 Å². The second-order valence-corrected chi connectivity index (χ2v) is 4.88. The SMILES string of the molecule is Cc1cc(/C=N\Nc2ccccn2)c(C)n1C(C)C. The van der Waals surface area contributed by atoms with Crippen molar-refractivity contribution in [3.8, 4) is 0 Å². The van der Waals surface area contributed by atoms with E-state index in [0.29, 0.717) is 6.04 Å². The number of hydrogen-bond acceptors (Lipinski definition) is 3. The summed E-state index contributed by atoms with van der Waals surface area (Å²) in [7, 11) is 0. The molecule has 0 aliphatic heterocycles. The zero-order valence-electron chi connectivity index (χ0n) is 11.9. The van der Waals surface area contributed by atoms with Gasteiger partial charge in [-0.2, -0.15) is 5.10 Å². The van der Waals surface area contributed by atoms with Crippen LogP contribution in [0.3, 0.4) is 0 Å². The highest BCUT2D eigenvalue weighted by molar-refractivity contribution is 5.82. The molecule has 19 heavy (non-hydrogen) atoms. The lowest BCUT2D eigenvalue weighted by Crippen LogP contribution is -2.05. The van der Waals surface area contributed by atoms with Gasteiger partial charge in [-0.25, -0.2) is 4.98 Å². The molecule has 0 bridgehead atoms. The number of anilines is 1. The normalized spacial score (nSPS) is 11.4. The second kappa shape index (κ2) is 5.69. The van der Waals surface area contributed by atoms with Crippen LogP contribution in [0.1, 0.15) is 36.8 Å². The Morgan fingerprint density at radius 2 is 2.11 bits per heavy atom. The molecular formula is C15H20N4. The Hall–Kier alpha value is -2.10. The summed E-state index contributed by atoms with van der Waals surface area (Å²) in [6.45, 7) is 8.62. The lowest BCUT2D eigenvalue weighted by molar-refractivity contribution is 0.574. The number of aryl methyl sites for hydroxylation is 1. The van der Waals surface area contributed by atoms with E-state index < -0.39 is 0 Å². The Morgan fingerprint density at radius 1 is 1.32 bits per heavy atom.